The van der Waals surface area contributed by atoms with E-state index in [0.717, 1.165) is 0 Å². The average molecular weight is 381 g/mol. The second kappa shape index (κ2) is 8.16. The van der Waals surface area contributed by atoms with Crippen molar-refractivity contribution in [2.45, 2.75) is 45.8 Å². The Bertz CT molecular complexity index is 696. The molecule has 1 aromatic carbocycles. The summed E-state index contributed by atoms with van der Waals surface area (Å²) in [7, 11) is 1.26. The third kappa shape index (κ3) is 4.62. The van der Waals surface area contributed by atoms with Gasteiger partial charge in [0.2, 0.25) is 0 Å². The molecule has 1 fully saturated rings. The number of methoxy groups -OCH3 is 1. The Morgan fingerprint density at radius 1 is 1.30 bits per heavy atom. The van der Waals surface area contributed by atoms with E-state index < -0.39 is 23.0 Å². The first-order valence-corrected chi connectivity index (χ1v) is 9.09. The van der Waals surface area contributed by atoms with Crippen LogP contribution in [0.15, 0.2) is 6.07 Å². The normalized spacial score (nSPS) is 15.6. The van der Waals surface area contributed by atoms with E-state index in [2.05, 4.69) is 0 Å². The molecule has 1 aliphatic heterocycles. The van der Waals surface area contributed by atoms with Crippen molar-refractivity contribution in [3.05, 3.63) is 23.0 Å². The van der Waals surface area contributed by atoms with Crippen LogP contribution in [0.3, 0.4) is 0 Å². The molecule has 0 spiro atoms. The van der Waals surface area contributed by atoms with Gasteiger partial charge in [0.1, 0.15) is 5.82 Å². The molecular formula is C19H29BFNO5. The fraction of sp³-hybridized carbons (Fsp3) is 0.632. The van der Waals surface area contributed by atoms with Gasteiger partial charge in [0.05, 0.1) is 42.8 Å². The molecule has 0 aliphatic carbocycles. The van der Waals surface area contributed by atoms with Crippen LogP contribution in [-0.4, -0.2) is 63.2 Å². The minimum absolute atomic E-state index is 0.0253. The van der Waals surface area contributed by atoms with E-state index in [9.17, 15) is 14.3 Å². The maximum Gasteiger partial charge on any atom is 0.340 e. The minimum atomic E-state index is -1.10. The molecule has 0 saturated carbocycles. The Kier molecular flexibility index (Phi) is 6.55. The van der Waals surface area contributed by atoms with Crippen LogP contribution in [0.25, 0.3) is 0 Å². The zero-order valence-electron chi connectivity index (χ0n) is 17.0. The Balaban J connectivity index is 2.44. The maximum absolute atomic E-state index is 15.0. The van der Waals surface area contributed by atoms with Gasteiger partial charge in [-0.3, -0.25) is 0 Å². The number of carbonyl (C=O) groups excluding carboxylic acids is 1. The highest BCUT2D eigenvalue weighted by Gasteiger charge is 2.36. The molecule has 6 nitrogen and oxygen atoms in total. The lowest BCUT2D eigenvalue weighted by Crippen LogP contribution is -2.49. The van der Waals surface area contributed by atoms with Gasteiger partial charge in [0, 0.05) is 18.7 Å². The summed E-state index contributed by atoms with van der Waals surface area (Å²) < 4.78 is 31.1. The summed E-state index contributed by atoms with van der Waals surface area (Å²) in [5, 5.41) is 10.3. The van der Waals surface area contributed by atoms with Crippen molar-refractivity contribution in [1.29, 1.82) is 0 Å². The number of benzene rings is 1. The fourth-order valence-corrected chi connectivity index (χ4v) is 2.80. The van der Waals surface area contributed by atoms with Crippen LogP contribution in [-0.2, 0) is 14.1 Å². The van der Waals surface area contributed by atoms with Gasteiger partial charge in [-0.1, -0.05) is 0 Å². The Hall–Kier alpha value is -1.64. The van der Waals surface area contributed by atoms with Crippen LogP contribution < -0.4 is 10.4 Å². The van der Waals surface area contributed by atoms with Crippen molar-refractivity contribution in [3.8, 4) is 0 Å². The summed E-state index contributed by atoms with van der Waals surface area (Å²) in [5.41, 5.74) is -0.582. The number of hydrogen-bond acceptors (Lipinski definition) is 6. The topological polar surface area (TPSA) is 68.2 Å². The molecule has 0 amide bonds. The quantitative estimate of drug-likeness (QED) is 0.592. The van der Waals surface area contributed by atoms with Crippen LogP contribution in [0, 0.1) is 12.7 Å². The summed E-state index contributed by atoms with van der Waals surface area (Å²) >= 11 is 0. The molecule has 0 radical (unpaired) electrons. The third-order valence-corrected chi connectivity index (χ3v) is 5.36. The smallest absolute Gasteiger partial charge is 0.340 e. The number of nitrogens with zero attached hydrogens (tertiary/aromatic N) is 1. The summed E-state index contributed by atoms with van der Waals surface area (Å²) in [4.78, 5) is 14.3. The van der Waals surface area contributed by atoms with Crippen LogP contribution in [0.2, 0.25) is 0 Å². The van der Waals surface area contributed by atoms with Gasteiger partial charge in [0.15, 0.2) is 0 Å². The van der Waals surface area contributed by atoms with Gasteiger partial charge in [0.25, 0.3) is 0 Å². The monoisotopic (exact) mass is 381 g/mol. The highest BCUT2D eigenvalue weighted by molar-refractivity contribution is 6.47. The molecule has 150 valence electrons. The zero-order chi connectivity index (χ0) is 20.4. The van der Waals surface area contributed by atoms with Crippen molar-refractivity contribution in [3.63, 3.8) is 0 Å². The SMILES string of the molecule is COC(=O)c1c(N2CCOCC2)cc(BOC(C)(C)C(C)(C)O)c(F)c1C. The van der Waals surface area contributed by atoms with Gasteiger partial charge in [-0.05, 0) is 46.1 Å². The number of hydrogen-bond donors (Lipinski definition) is 1. The van der Waals surface area contributed by atoms with Gasteiger partial charge in [-0.15, -0.1) is 0 Å². The molecule has 8 heteroatoms. The maximum atomic E-state index is 15.0. The Morgan fingerprint density at radius 3 is 2.41 bits per heavy atom. The predicted molar refractivity (Wildman–Crippen MR) is 104 cm³/mol. The summed E-state index contributed by atoms with van der Waals surface area (Å²) in [6.07, 6.45) is 0. The van der Waals surface area contributed by atoms with Crippen LogP contribution in [0.4, 0.5) is 10.1 Å². The molecule has 0 bridgehead atoms. The van der Waals surface area contributed by atoms with Crippen LogP contribution in [0.5, 0.6) is 0 Å². The summed E-state index contributed by atoms with van der Waals surface area (Å²) in [5.74, 6) is -1.07. The number of anilines is 1. The average Bonchev–Trinajstić information content (AvgIpc) is 2.62. The Labute approximate surface area is 160 Å². The number of morpholine rings is 1. The third-order valence-electron chi connectivity index (χ3n) is 5.36. The lowest BCUT2D eigenvalue weighted by atomic mass is 9.80. The number of rotatable bonds is 6. The molecular weight excluding hydrogens is 352 g/mol. The number of halogens is 1. The summed E-state index contributed by atoms with van der Waals surface area (Å²) in [6.45, 7) is 10.6. The second-order valence-corrected chi connectivity index (χ2v) is 7.82. The first-order chi connectivity index (χ1) is 12.5. The zero-order valence-corrected chi connectivity index (χ0v) is 17.0. The second-order valence-electron chi connectivity index (χ2n) is 7.82. The standard InChI is InChI=1S/C19H29BFNO5/c1-12-15(17(23)25-6)14(22-7-9-26-10-8-22)11-13(16(12)21)20-27-19(4,5)18(2,3)24/h11,20,24H,7-10H2,1-6H3. The first-order valence-electron chi connectivity index (χ1n) is 9.09. The molecule has 27 heavy (non-hydrogen) atoms. The van der Waals surface area contributed by atoms with Crippen molar-refractivity contribution < 1.29 is 28.4 Å². The molecule has 1 aromatic rings. The largest absolute Gasteiger partial charge is 0.465 e. The van der Waals surface area contributed by atoms with Crippen molar-refractivity contribution in [2.75, 3.05) is 38.3 Å². The molecule has 2 rings (SSSR count). The van der Waals surface area contributed by atoms with Crippen molar-refractivity contribution >= 4 is 24.6 Å². The highest BCUT2D eigenvalue weighted by atomic mass is 19.1. The number of ether oxygens (including phenoxy) is 2. The van der Waals surface area contributed by atoms with E-state index in [4.69, 9.17) is 14.1 Å². The Morgan fingerprint density at radius 2 is 1.89 bits per heavy atom. The molecule has 0 unspecified atom stereocenters. The molecule has 0 atom stereocenters. The minimum Gasteiger partial charge on any atom is -0.465 e. The fourth-order valence-electron chi connectivity index (χ4n) is 2.80. The van der Waals surface area contributed by atoms with Crippen molar-refractivity contribution in [2.24, 2.45) is 0 Å². The summed E-state index contributed by atoms with van der Waals surface area (Å²) in [6, 6.07) is 1.64. The molecule has 1 aliphatic rings. The van der Waals surface area contributed by atoms with E-state index in [-0.39, 0.29) is 18.6 Å². The first kappa shape index (κ1) is 21.7. The molecule has 1 heterocycles. The number of carbonyl (C=O) groups is 1. The highest BCUT2D eigenvalue weighted by Crippen LogP contribution is 2.28. The van der Waals surface area contributed by atoms with E-state index in [0.29, 0.717) is 37.5 Å². The molecule has 0 aromatic heterocycles. The van der Waals surface area contributed by atoms with Crippen molar-refractivity contribution in [1.82, 2.24) is 0 Å². The number of aliphatic hydroxyl groups is 1. The van der Waals surface area contributed by atoms with E-state index in [1.807, 2.05) is 4.90 Å². The number of esters is 1. The van der Waals surface area contributed by atoms with E-state index in [1.54, 1.807) is 40.7 Å². The van der Waals surface area contributed by atoms with E-state index in [1.165, 1.54) is 7.11 Å². The van der Waals surface area contributed by atoms with Gasteiger partial charge >= 0.3 is 13.5 Å². The lowest BCUT2D eigenvalue weighted by molar-refractivity contribution is -0.0893. The van der Waals surface area contributed by atoms with Crippen LogP contribution in [0.1, 0.15) is 43.6 Å². The van der Waals surface area contributed by atoms with Crippen LogP contribution >= 0.6 is 0 Å². The van der Waals surface area contributed by atoms with Gasteiger partial charge < -0.3 is 24.1 Å². The van der Waals surface area contributed by atoms with Gasteiger partial charge in [-0.25, -0.2) is 9.18 Å². The molecule has 1 saturated heterocycles. The predicted octanol–water partition coefficient (Wildman–Crippen LogP) is 1.30. The lowest BCUT2D eigenvalue weighted by Gasteiger charge is -2.38. The van der Waals surface area contributed by atoms with E-state index >= 15 is 0 Å². The van der Waals surface area contributed by atoms with Gasteiger partial charge in [-0.2, -0.15) is 0 Å². The molecule has 1 N–H and O–H groups in total.